The van der Waals surface area contributed by atoms with Gasteiger partial charge in [0.15, 0.2) is 28.8 Å². The first-order valence-corrected chi connectivity index (χ1v) is 11.2. The molecule has 3 aromatic rings. The summed E-state index contributed by atoms with van der Waals surface area (Å²) < 4.78 is 4.78. The molecule has 3 aromatic carbocycles. The van der Waals surface area contributed by atoms with Gasteiger partial charge < -0.3 is 31.5 Å². The maximum absolute atomic E-state index is 11.3. The summed E-state index contributed by atoms with van der Waals surface area (Å²) in [7, 11) is 0. The summed E-state index contributed by atoms with van der Waals surface area (Å²) in [5.41, 5.74) is 13.7. The Morgan fingerprint density at radius 1 is 0.750 bits per heavy atom. The van der Waals surface area contributed by atoms with Gasteiger partial charge in [-0.2, -0.15) is 0 Å². The fraction of sp³-hybridized carbons (Fsp3) is 0.222. The summed E-state index contributed by atoms with van der Waals surface area (Å²) >= 11 is 0. The van der Waals surface area contributed by atoms with Gasteiger partial charge in [-0.1, -0.05) is 13.8 Å². The third kappa shape index (κ3) is 9.76. The van der Waals surface area contributed by atoms with Gasteiger partial charge in [0.2, 0.25) is 0 Å². The number of nitrogens with two attached hydrogens (primary N) is 2. The van der Waals surface area contributed by atoms with Crippen LogP contribution in [0, 0.1) is 0 Å². The number of benzene rings is 3. The smallest absolute Gasteiger partial charge is 0.338 e. The van der Waals surface area contributed by atoms with Crippen LogP contribution in [0.1, 0.15) is 64.7 Å². The van der Waals surface area contributed by atoms with E-state index in [9.17, 15) is 14.4 Å². The highest BCUT2D eigenvalue weighted by atomic mass is 16.5. The quantitative estimate of drug-likeness (QED) is 0.140. The molecule has 0 bridgehead atoms. The Morgan fingerprint density at radius 3 is 1.58 bits per heavy atom. The molecule has 0 saturated carbocycles. The number of esters is 1. The van der Waals surface area contributed by atoms with E-state index in [0.29, 0.717) is 29.8 Å². The number of phenolic OH excluding ortho intramolecular Hbond substituents is 3. The van der Waals surface area contributed by atoms with Crippen LogP contribution in [0.3, 0.4) is 0 Å². The summed E-state index contributed by atoms with van der Waals surface area (Å²) in [6, 6.07) is 15.9. The van der Waals surface area contributed by atoms with Crippen molar-refractivity contribution in [2.75, 3.05) is 18.1 Å². The molecule has 0 fully saturated rings. The third-order valence-electron chi connectivity index (χ3n) is 4.61. The number of phenols is 3. The number of Topliss-reactive ketones (excluding diaryl/α,β-unsaturated/α-hetero) is 2. The van der Waals surface area contributed by atoms with Gasteiger partial charge in [-0.3, -0.25) is 9.59 Å². The molecule has 0 heterocycles. The van der Waals surface area contributed by atoms with E-state index >= 15 is 0 Å². The van der Waals surface area contributed by atoms with Crippen molar-refractivity contribution in [1.29, 1.82) is 0 Å². The largest absolute Gasteiger partial charge is 0.504 e. The number of hydrogen-bond acceptors (Lipinski definition) is 9. The van der Waals surface area contributed by atoms with Crippen molar-refractivity contribution in [3.05, 3.63) is 77.4 Å². The van der Waals surface area contributed by atoms with Gasteiger partial charge in [0.25, 0.3) is 0 Å². The topological polar surface area (TPSA) is 173 Å². The molecule has 0 unspecified atom stereocenters. The van der Waals surface area contributed by atoms with Crippen LogP contribution in [0.5, 0.6) is 17.2 Å². The van der Waals surface area contributed by atoms with E-state index < -0.39 is 23.2 Å². The Hall–Kier alpha value is -4.53. The Labute approximate surface area is 210 Å². The lowest BCUT2D eigenvalue weighted by molar-refractivity contribution is 0.0504. The van der Waals surface area contributed by atoms with Gasteiger partial charge in [0.1, 0.15) is 0 Å². The summed E-state index contributed by atoms with van der Waals surface area (Å²) in [5.74, 6) is -2.19. The molecular weight excluding hydrogens is 464 g/mol. The van der Waals surface area contributed by atoms with E-state index in [4.69, 9.17) is 31.5 Å². The van der Waals surface area contributed by atoms with Gasteiger partial charge in [-0.15, -0.1) is 0 Å². The van der Waals surface area contributed by atoms with Crippen LogP contribution in [0.4, 0.5) is 11.4 Å². The van der Waals surface area contributed by atoms with Crippen molar-refractivity contribution >= 4 is 28.9 Å². The maximum atomic E-state index is 11.3. The number of aromatic hydroxyl groups is 3. The predicted octanol–water partition coefficient (Wildman–Crippen LogP) is 4.70. The molecule has 0 aromatic heterocycles. The van der Waals surface area contributed by atoms with Crippen molar-refractivity contribution in [2.24, 2.45) is 0 Å². The van der Waals surface area contributed by atoms with Crippen molar-refractivity contribution in [3.8, 4) is 17.2 Å². The van der Waals surface area contributed by atoms with Crippen LogP contribution in [-0.2, 0) is 4.74 Å². The third-order valence-corrected chi connectivity index (χ3v) is 4.61. The van der Waals surface area contributed by atoms with Crippen LogP contribution < -0.4 is 11.5 Å². The number of carbonyl (C=O) groups excluding carboxylic acids is 3. The van der Waals surface area contributed by atoms with E-state index in [2.05, 4.69) is 0 Å². The molecule has 0 aliphatic carbocycles. The Bertz CT molecular complexity index is 1130. The molecule has 9 heteroatoms. The molecule has 0 amide bonds. The van der Waals surface area contributed by atoms with E-state index in [-0.39, 0.29) is 23.7 Å². The van der Waals surface area contributed by atoms with Crippen LogP contribution in [0.2, 0.25) is 0 Å². The van der Waals surface area contributed by atoms with Crippen molar-refractivity contribution in [2.45, 2.75) is 33.6 Å². The maximum Gasteiger partial charge on any atom is 0.338 e. The first-order valence-electron chi connectivity index (χ1n) is 11.2. The fourth-order valence-corrected chi connectivity index (χ4v) is 2.59. The molecular formula is C27H32N2O7. The fourth-order valence-electron chi connectivity index (χ4n) is 2.59. The number of carbonyl (C=O) groups is 3. The number of rotatable bonds is 6. The average molecular weight is 497 g/mol. The Balaban J connectivity index is 0.000000277. The van der Waals surface area contributed by atoms with Crippen molar-refractivity contribution < 1.29 is 34.4 Å². The van der Waals surface area contributed by atoms with E-state index in [0.717, 1.165) is 17.7 Å². The molecule has 0 radical (unpaired) electrons. The van der Waals surface area contributed by atoms with Crippen molar-refractivity contribution in [3.63, 3.8) is 0 Å². The summed E-state index contributed by atoms with van der Waals surface area (Å²) in [6.45, 7) is 5.49. The Morgan fingerprint density at radius 2 is 1.19 bits per heavy atom. The monoisotopic (exact) mass is 496 g/mol. The highest BCUT2D eigenvalue weighted by molar-refractivity contribution is 5.96. The van der Waals surface area contributed by atoms with E-state index in [1.165, 1.54) is 6.92 Å². The van der Waals surface area contributed by atoms with Gasteiger partial charge in [-0.25, -0.2) is 4.79 Å². The standard InChI is InChI=1S/C10H12O5.C9H11NO.C8H9NO/c1-2-3-15-10(14)6-4-7(11)9(13)8(12)5-6;1-2-9(11)7-3-5-8(10)6-4-7;1-6(10)7-2-4-8(9)5-3-7/h4-5,11-13H,2-3H2,1H3;3-6H,2,10H2,1H3;2-5H,9H2,1H3. The molecule has 0 saturated heterocycles. The van der Waals surface area contributed by atoms with E-state index in [1.54, 1.807) is 48.5 Å². The second-order valence-electron chi connectivity index (χ2n) is 7.58. The molecule has 0 spiro atoms. The van der Waals surface area contributed by atoms with Crippen molar-refractivity contribution in [1.82, 2.24) is 0 Å². The van der Waals surface area contributed by atoms with Crippen LogP contribution in [-0.4, -0.2) is 39.5 Å². The molecule has 3 rings (SSSR count). The number of anilines is 2. The number of hydrogen-bond donors (Lipinski definition) is 5. The minimum atomic E-state index is -0.651. The molecule has 7 N–H and O–H groups in total. The lowest BCUT2D eigenvalue weighted by Gasteiger charge is -2.05. The molecule has 0 aliphatic rings. The SMILES string of the molecule is CC(=O)c1ccc(N)cc1.CCC(=O)c1ccc(N)cc1.CCCOC(=O)c1cc(O)c(O)c(O)c1. The zero-order valence-corrected chi connectivity index (χ0v) is 20.5. The predicted molar refractivity (Wildman–Crippen MR) is 138 cm³/mol. The first kappa shape index (κ1) is 29.5. The van der Waals surface area contributed by atoms with Crippen LogP contribution in [0.15, 0.2) is 60.7 Å². The minimum absolute atomic E-state index is 0.00347. The second-order valence-corrected chi connectivity index (χ2v) is 7.58. The van der Waals surface area contributed by atoms with Gasteiger partial charge in [-0.05, 0) is 74.0 Å². The average Bonchev–Trinajstić information content (AvgIpc) is 2.86. The molecule has 9 nitrogen and oxygen atoms in total. The van der Waals surface area contributed by atoms with Crippen LogP contribution in [0.25, 0.3) is 0 Å². The van der Waals surface area contributed by atoms with Gasteiger partial charge in [0.05, 0.1) is 12.2 Å². The lowest BCUT2D eigenvalue weighted by atomic mass is 10.1. The lowest BCUT2D eigenvalue weighted by Crippen LogP contribution is -2.05. The highest BCUT2D eigenvalue weighted by Crippen LogP contribution is 2.35. The molecule has 36 heavy (non-hydrogen) atoms. The normalized spacial score (nSPS) is 9.64. The molecule has 192 valence electrons. The number of ketones is 2. The molecule has 0 atom stereocenters. The number of ether oxygens (including phenoxy) is 1. The summed E-state index contributed by atoms with van der Waals surface area (Å²) in [4.78, 5) is 33.1. The minimum Gasteiger partial charge on any atom is -0.504 e. The van der Waals surface area contributed by atoms with Gasteiger partial charge >= 0.3 is 5.97 Å². The summed E-state index contributed by atoms with van der Waals surface area (Å²) in [5, 5.41) is 27.3. The first-order chi connectivity index (χ1) is 17.0. The zero-order valence-electron chi connectivity index (χ0n) is 20.5. The van der Waals surface area contributed by atoms with Gasteiger partial charge in [0, 0.05) is 28.9 Å². The number of nitrogen functional groups attached to an aromatic ring is 2. The highest BCUT2D eigenvalue weighted by Gasteiger charge is 2.14. The molecule has 0 aliphatic heterocycles. The second kappa shape index (κ2) is 14.7. The summed E-state index contributed by atoms with van der Waals surface area (Å²) in [6.07, 6.45) is 1.23. The van der Waals surface area contributed by atoms with Crippen LogP contribution >= 0.6 is 0 Å². The Kier molecular flexibility index (Phi) is 12.0. The van der Waals surface area contributed by atoms with E-state index in [1.807, 2.05) is 13.8 Å². The zero-order chi connectivity index (χ0) is 27.3.